The van der Waals surface area contributed by atoms with Crippen molar-refractivity contribution in [1.29, 1.82) is 0 Å². The Morgan fingerprint density at radius 1 is 0.650 bits per heavy atom. The quantitative estimate of drug-likeness (QED) is 0.419. The second kappa shape index (κ2) is 5.89. The first-order valence-electron chi connectivity index (χ1n) is 6.34. The van der Waals surface area contributed by atoms with Crippen LogP contribution in [0.4, 0.5) is 0 Å². The minimum atomic E-state index is 1.27. The van der Waals surface area contributed by atoms with Crippen LogP contribution in [-0.4, -0.2) is 4.57 Å². The van der Waals surface area contributed by atoms with Crippen molar-refractivity contribution in [3.05, 3.63) is 68.1 Å². The van der Waals surface area contributed by atoms with Gasteiger partial charge in [0, 0.05) is 18.2 Å². The average molecular weight is 485 g/mol. The van der Waals surface area contributed by atoms with Crippen LogP contribution in [0.5, 0.6) is 0 Å². The van der Waals surface area contributed by atoms with Crippen molar-refractivity contribution >= 4 is 45.2 Å². The maximum Gasteiger partial charge on any atom is 0.0889 e. The molecule has 0 atom stereocenters. The Hall–Kier alpha value is -0.820. The molecule has 0 radical (unpaired) electrons. The lowest BCUT2D eigenvalue weighted by Crippen LogP contribution is -1.93. The predicted octanol–water partition coefficient (Wildman–Crippen LogP) is 5.57. The fraction of sp³-hybridized carbons (Fsp3) is 0.0588. The van der Waals surface area contributed by atoms with E-state index in [1.807, 2.05) is 0 Å². The number of halogens is 2. The summed E-state index contributed by atoms with van der Waals surface area (Å²) in [5.74, 6) is 0. The van der Waals surface area contributed by atoms with Crippen molar-refractivity contribution in [2.45, 2.75) is 0 Å². The summed E-state index contributed by atoms with van der Waals surface area (Å²) in [7, 11) is 2.13. The molecule has 0 aliphatic carbocycles. The number of benzene rings is 2. The number of nitrogens with zero attached hydrogens (tertiary/aromatic N) is 1. The summed E-state index contributed by atoms with van der Waals surface area (Å²) in [5, 5.41) is 0. The van der Waals surface area contributed by atoms with E-state index in [0.29, 0.717) is 0 Å². The second-order valence-corrected chi connectivity index (χ2v) is 6.67. The number of hydrogen-bond acceptors (Lipinski definition) is 0. The molecule has 0 bridgehead atoms. The molecule has 0 saturated heterocycles. The fourth-order valence-electron chi connectivity index (χ4n) is 2.36. The number of rotatable bonds is 2. The molecule has 3 heteroatoms. The van der Waals surface area contributed by atoms with Crippen molar-refractivity contribution in [2.75, 3.05) is 0 Å². The van der Waals surface area contributed by atoms with E-state index in [2.05, 4.69) is 117 Å². The molecule has 3 aromatic rings. The van der Waals surface area contributed by atoms with E-state index >= 15 is 0 Å². The Labute approximate surface area is 146 Å². The maximum atomic E-state index is 2.44. The Morgan fingerprint density at radius 2 is 1.00 bits per heavy atom. The lowest BCUT2D eigenvalue weighted by atomic mass is 9.99. The average Bonchev–Trinajstić information content (AvgIpc) is 2.73. The highest BCUT2D eigenvalue weighted by Gasteiger charge is 2.20. The van der Waals surface area contributed by atoms with Gasteiger partial charge in [0.05, 0.1) is 7.40 Å². The van der Waals surface area contributed by atoms with Gasteiger partial charge < -0.3 is 4.57 Å². The molecule has 0 saturated carbocycles. The van der Waals surface area contributed by atoms with Gasteiger partial charge in [0.1, 0.15) is 0 Å². The van der Waals surface area contributed by atoms with Gasteiger partial charge in [-0.3, -0.25) is 0 Å². The SMILES string of the molecule is Cn1c(I)c(-c2ccccc2)c(-c2ccccc2)c1I. The van der Waals surface area contributed by atoms with Gasteiger partial charge >= 0.3 is 0 Å². The summed E-state index contributed by atoms with van der Waals surface area (Å²) in [6.07, 6.45) is 0. The minimum Gasteiger partial charge on any atom is -0.334 e. The zero-order valence-electron chi connectivity index (χ0n) is 11.0. The first-order valence-corrected chi connectivity index (χ1v) is 8.50. The van der Waals surface area contributed by atoms with Gasteiger partial charge in [-0.2, -0.15) is 0 Å². The third kappa shape index (κ3) is 2.41. The molecule has 3 rings (SSSR count). The van der Waals surface area contributed by atoms with Crippen LogP contribution in [0, 0.1) is 7.40 Å². The van der Waals surface area contributed by atoms with Crippen LogP contribution in [0.15, 0.2) is 60.7 Å². The van der Waals surface area contributed by atoms with Crippen molar-refractivity contribution in [3.63, 3.8) is 0 Å². The van der Waals surface area contributed by atoms with Gasteiger partial charge in [0.25, 0.3) is 0 Å². The Morgan fingerprint density at radius 3 is 1.35 bits per heavy atom. The summed E-state index contributed by atoms with van der Waals surface area (Å²) in [6, 6.07) is 21.2. The molecule has 0 aliphatic rings. The smallest absolute Gasteiger partial charge is 0.0889 e. The van der Waals surface area contributed by atoms with Crippen LogP contribution in [0.3, 0.4) is 0 Å². The Bertz CT molecular complexity index is 668. The van der Waals surface area contributed by atoms with E-state index in [9.17, 15) is 0 Å². The molecule has 1 nitrogen and oxygen atoms in total. The van der Waals surface area contributed by atoms with Gasteiger partial charge in [-0.25, -0.2) is 0 Å². The summed E-state index contributed by atoms with van der Waals surface area (Å²) in [5.41, 5.74) is 5.19. The predicted molar refractivity (Wildman–Crippen MR) is 102 cm³/mol. The summed E-state index contributed by atoms with van der Waals surface area (Å²) in [6.45, 7) is 0. The van der Waals surface area contributed by atoms with Crippen LogP contribution in [0.25, 0.3) is 22.3 Å². The van der Waals surface area contributed by atoms with E-state index in [1.165, 1.54) is 29.7 Å². The van der Waals surface area contributed by atoms with Crippen molar-refractivity contribution in [1.82, 2.24) is 4.57 Å². The zero-order valence-corrected chi connectivity index (χ0v) is 15.3. The third-order valence-corrected chi connectivity index (χ3v) is 5.90. The largest absolute Gasteiger partial charge is 0.334 e. The van der Waals surface area contributed by atoms with Gasteiger partial charge in [0.2, 0.25) is 0 Å². The van der Waals surface area contributed by atoms with Crippen LogP contribution < -0.4 is 0 Å². The molecule has 0 amide bonds. The highest BCUT2D eigenvalue weighted by Crippen LogP contribution is 2.40. The lowest BCUT2D eigenvalue weighted by molar-refractivity contribution is 0.873. The van der Waals surface area contributed by atoms with E-state index in [0.717, 1.165) is 0 Å². The normalized spacial score (nSPS) is 10.8. The molecule has 0 fully saturated rings. The molecule has 0 spiro atoms. The van der Waals surface area contributed by atoms with Gasteiger partial charge in [-0.15, -0.1) is 0 Å². The van der Waals surface area contributed by atoms with Crippen LogP contribution in [-0.2, 0) is 7.05 Å². The van der Waals surface area contributed by atoms with Crippen molar-refractivity contribution in [2.24, 2.45) is 7.05 Å². The molecule has 20 heavy (non-hydrogen) atoms. The lowest BCUT2D eigenvalue weighted by Gasteiger charge is -2.06. The molecule has 1 aromatic heterocycles. The van der Waals surface area contributed by atoms with Crippen LogP contribution >= 0.6 is 45.2 Å². The first kappa shape index (κ1) is 14.1. The van der Waals surface area contributed by atoms with Gasteiger partial charge in [0.15, 0.2) is 0 Å². The highest BCUT2D eigenvalue weighted by atomic mass is 127. The summed E-state index contributed by atoms with van der Waals surface area (Å²) < 4.78 is 4.81. The topological polar surface area (TPSA) is 4.93 Å². The van der Waals surface area contributed by atoms with Crippen molar-refractivity contribution < 1.29 is 0 Å². The van der Waals surface area contributed by atoms with Crippen molar-refractivity contribution in [3.8, 4) is 22.3 Å². The molecule has 1 heterocycles. The molecule has 0 unspecified atom stereocenters. The molecule has 0 aliphatic heterocycles. The van der Waals surface area contributed by atoms with Crippen LogP contribution in [0.2, 0.25) is 0 Å². The maximum absolute atomic E-state index is 2.44. The minimum absolute atomic E-state index is 1.27. The fourth-order valence-corrected chi connectivity index (χ4v) is 4.47. The first-order chi connectivity index (χ1) is 9.70. The Kier molecular flexibility index (Phi) is 4.16. The van der Waals surface area contributed by atoms with E-state index in [1.54, 1.807) is 0 Å². The molecule has 2 aromatic carbocycles. The monoisotopic (exact) mass is 485 g/mol. The number of hydrogen-bond donors (Lipinski definition) is 0. The second-order valence-electron chi connectivity index (χ2n) is 4.62. The van der Waals surface area contributed by atoms with E-state index < -0.39 is 0 Å². The standard InChI is InChI=1S/C17H13I2N/c1-20-16(18)14(12-8-4-2-5-9-12)15(17(20)19)13-10-6-3-7-11-13/h2-11H,1H3. The van der Waals surface area contributed by atoms with E-state index in [4.69, 9.17) is 0 Å². The molecule has 100 valence electrons. The van der Waals surface area contributed by atoms with Gasteiger partial charge in [-0.05, 0) is 56.3 Å². The molecular formula is C17H13I2N. The summed E-state index contributed by atoms with van der Waals surface area (Å²) in [4.78, 5) is 0. The zero-order chi connectivity index (χ0) is 14.1. The molecule has 0 N–H and O–H groups in total. The van der Waals surface area contributed by atoms with E-state index in [-0.39, 0.29) is 0 Å². The van der Waals surface area contributed by atoms with Crippen LogP contribution in [0.1, 0.15) is 0 Å². The Balaban J connectivity index is 2.32. The highest BCUT2D eigenvalue weighted by molar-refractivity contribution is 14.1. The van der Waals surface area contributed by atoms with Gasteiger partial charge in [-0.1, -0.05) is 60.7 Å². The summed E-state index contributed by atoms with van der Waals surface area (Å²) >= 11 is 4.88. The molecular weight excluding hydrogens is 472 g/mol. The number of aromatic nitrogens is 1. The third-order valence-electron chi connectivity index (χ3n) is 3.38.